The predicted octanol–water partition coefficient (Wildman–Crippen LogP) is 3.31. The van der Waals surface area contributed by atoms with E-state index in [1.165, 1.54) is 12.1 Å². The van der Waals surface area contributed by atoms with Crippen molar-refractivity contribution in [3.8, 4) is 5.75 Å². The fourth-order valence-corrected chi connectivity index (χ4v) is 3.24. The maximum atomic E-state index is 12.3. The SMILES string of the molecule is C[S+](C)c1cccc2cc(OS(=O)(=O)C(F)(F)F)ccc12. The van der Waals surface area contributed by atoms with E-state index in [4.69, 9.17) is 0 Å². The average molecular weight is 337 g/mol. The van der Waals surface area contributed by atoms with Crippen LogP contribution in [0.1, 0.15) is 0 Å². The van der Waals surface area contributed by atoms with Crippen molar-refractivity contribution in [3.05, 3.63) is 36.4 Å². The molecular weight excluding hydrogens is 325 g/mol. The lowest BCUT2D eigenvalue weighted by atomic mass is 10.1. The summed E-state index contributed by atoms with van der Waals surface area (Å²) in [5.41, 5.74) is -5.44. The molecule has 0 spiro atoms. The normalized spacial score (nSPS) is 12.9. The highest BCUT2D eigenvalue weighted by Crippen LogP contribution is 2.30. The predicted molar refractivity (Wildman–Crippen MR) is 77.0 cm³/mol. The van der Waals surface area contributed by atoms with Crippen LogP contribution in [0.15, 0.2) is 41.3 Å². The molecule has 21 heavy (non-hydrogen) atoms. The van der Waals surface area contributed by atoms with E-state index in [0.717, 1.165) is 10.3 Å². The van der Waals surface area contributed by atoms with Crippen LogP contribution in [0.25, 0.3) is 10.8 Å². The minimum absolute atomic E-state index is 0.0323. The van der Waals surface area contributed by atoms with E-state index in [1.807, 2.05) is 18.6 Å². The second-order valence-corrected chi connectivity index (χ2v) is 8.05. The zero-order valence-corrected chi connectivity index (χ0v) is 12.8. The summed E-state index contributed by atoms with van der Waals surface area (Å²) in [6.07, 6.45) is 4.04. The Bertz CT molecular complexity index is 768. The fraction of sp³-hybridized carbons (Fsp3) is 0.231. The van der Waals surface area contributed by atoms with Crippen LogP contribution in [0.3, 0.4) is 0 Å². The van der Waals surface area contributed by atoms with Gasteiger partial charge in [-0.05, 0) is 29.7 Å². The smallest absolute Gasteiger partial charge is 0.376 e. The van der Waals surface area contributed by atoms with Crippen molar-refractivity contribution in [2.24, 2.45) is 0 Å². The van der Waals surface area contributed by atoms with Crippen LogP contribution in [-0.4, -0.2) is 26.4 Å². The molecule has 0 saturated heterocycles. The molecule has 114 valence electrons. The number of alkyl halides is 3. The molecule has 2 aromatic carbocycles. The molecule has 0 bridgehead atoms. The van der Waals surface area contributed by atoms with Crippen LogP contribution in [0.4, 0.5) is 13.2 Å². The monoisotopic (exact) mass is 337 g/mol. The van der Waals surface area contributed by atoms with E-state index < -0.39 is 15.6 Å². The molecule has 0 aliphatic carbocycles. The first-order valence-corrected chi connectivity index (χ1v) is 9.18. The first-order valence-electron chi connectivity index (χ1n) is 5.73. The van der Waals surface area contributed by atoms with Crippen LogP contribution in [0.5, 0.6) is 5.75 Å². The molecule has 0 aliphatic rings. The van der Waals surface area contributed by atoms with Crippen LogP contribution >= 0.6 is 0 Å². The Morgan fingerprint density at radius 1 is 1.10 bits per heavy atom. The molecular formula is C13H12F3O3S2+. The molecule has 0 atom stereocenters. The number of fused-ring (bicyclic) bond motifs is 1. The van der Waals surface area contributed by atoms with Crippen molar-refractivity contribution in [1.82, 2.24) is 0 Å². The van der Waals surface area contributed by atoms with Crippen molar-refractivity contribution < 1.29 is 25.8 Å². The van der Waals surface area contributed by atoms with E-state index in [-0.39, 0.29) is 16.6 Å². The van der Waals surface area contributed by atoms with Gasteiger partial charge in [0.05, 0.1) is 0 Å². The molecule has 0 saturated carbocycles. The zero-order chi connectivity index (χ0) is 15.8. The molecule has 2 aromatic rings. The Morgan fingerprint density at radius 3 is 2.33 bits per heavy atom. The maximum Gasteiger partial charge on any atom is 0.534 e. The molecule has 0 unspecified atom stereocenters. The van der Waals surface area contributed by atoms with Gasteiger partial charge in [-0.1, -0.05) is 12.1 Å². The summed E-state index contributed by atoms with van der Waals surface area (Å²) in [6.45, 7) is 0. The highest BCUT2D eigenvalue weighted by Gasteiger charge is 2.48. The first kappa shape index (κ1) is 16.0. The van der Waals surface area contributed by atoms with Gasteiger partial charge in [0.1, 0.15) is 18.3 Å². The van der Waals surface area contributed by atoms with Crippen molar-refractivity contribution in [2.45, 2.75) is 10.4 Å². The average Bonchev–Trinajstić information content (AvgIpc) is 2.35. The summed E-state index contributed by atoms with van der Waals surface area (Å²) in [4.78, 5) is 1.05. The molecule has 0 heterocycles. The third-order valence-electron chi connectivity index (χ3n) is 2.74. The summed E-state index contributed by atoms with van der Waals surface area (Å²) in [6, 6.07) is 9.47. The lowest BCUT2D eigenvalue weighted by Gasteiger charge is -2.10. The minimum atomic E-state index is -5.64. The minimum Gasteiger partial charge on any atom is -0.376 e. The quantitative estimate of drug-likeness (QED) is 0.490. The summed E-state index contributed by atoms with van der Waals surface area (Å²) >= 11 is 0. The molecule has 0 amide bonds. The van der Waals surface area contributed by atoms with Gasteiger partial charge in [0.25, 0.3) is 0 Å². The number of benzene rings is 2. The van der Waals surface area contributed by atoms with Gasteiger partial charge in [-0.2, -0.15) is 21.6 Å². The Morgan fingerprint density at radius 2 is 1.76 bits per heavy atom. The molecule has 3 nitrogen and oxygen atoms in total. The van der Waals surface area contributed by atoms with Gasteiger partial charge < -0.3 is 4.18 Å². The highest BCUT2D eigenvalue weighted by molar-refractivity contribution is 7.95. The van der Waals surface area contributed by atoms with Crippen LogP contribution < -0.4 is 4.18 Å². The summed E-state index contributed by atoms with van der Waals surface area (Å²) in [5, 5.41) is 1.49. The second-order valence-electron chi connectivity index (χ2n) is 4.44. The molecule has 0 aliphatic heterocycles. The van der Waals surface area contributed by atoms with E-state index >= 15 is 0 Å². The summed E-state index contributed by atoms with van der Waals surface area (Å²) in [5.74, 6) is -0.357. The van der Waals surface area contributed by atoms with Crippen molar-refractivity contribution >= 4 is 31.8 Å². The summed E-state index contributed by atoms with van der Waals surface area (Å²) in [7, 11) is -5.68. The van der Waals surface area contributed by atoms with Crippen molar-refractivity contribution in [1.29, 1.82) is 0 Å². The van der Waals surface area contributed by atoms with Crippen molar-refractivity contribution in [3.63, 3.8) is 0 Å². The Balaban J connectivity index is 2.46. The number of rotatable bonds is 3. The molecule has 0 radical (unpaired) electrons. The standard InChI is InChI=1S/C13H12F3O3S2/c1-20(2)12-5-3-4-9-8-10(6-7-11(9)12)19-21(17,18)13(14,15)16/h3-8H,1-2H3/q+1. The maximum absolute atomic E-state index is 12.3. The van der Waals surface area contributed by atoms with Gasteiger partial charge in [0.2, 0.25) is 0 Å². The van der Waals surface area contributed by atoms with Crippen molar-refractivity contribution in [2.75, 3.05) is 12.5 Å². The highest BCUT2D eigenvalue weighted by atomic mass is 32.2. The van der Waals surface area contributed by atoms with Gasteiger partial charge in [0.15, 0.2) is 4.90 Å². The lowest BCUT2D eigenvalue weighted by molar-refractivity contribution is -0.0500. The third-order valence-corrected chi connectivity index (χ3v) is 4.96. The molecule has 0 aromatic heterocycles. The first-order chi connectivity index (χ1) is 9.62. The number of hydrogen-bond acceptors (Lipinski definition) is 3. The largest absolute Gasteiger partial charge is 0.534 e. The zero-order valence-electron chi connectivity index (χ0n) is 11.1. The molecule has 0 N–H and O–H groups in total. The van der Waals surface area contributed by atoms with Crippen LogP contribution in [0.2, 0.25) is 0 Å². The van der Waals surface area contributed by atoms with Gasteiger partial charge >= 0.3 is 15.6 Å². The topological polar surface area (TPSA) is 43.4 Å². The Labute approximate surface area is 123 Å². The Kier molecular flexibility index (Phi) is 4.12. The molecule has 8 heteroatoms. The van der Waals surface area contributed by atoms with E-state index in [0.29, 0.717) is 5.39 Å². The van der Waals surface area contributed by atoms with E-state index in [9.17, 15) is 21.6 Å². The van der Waals surface area contributed by atoms with E-state index in [1.54, 1.807) is 18.2 Å². The van der Waals surface area contributed by atoms with Gasteiger partial charge in [-0.3, -0.25) is 0 Å². The van der Waals surface area contributed by atoms with Gasteiger partial charge in [0, 0.05) is 16.3 Å². The molecule has 2 rings (SSSR count). The second kappa shape index (κ2) is 5.42. The third kappa shape index (κ3) is 3.26. The summed E-state index contributed by atoms with van der Waals surface area (Å²) < 4.78 is 63.0. The van der Waals surface area contributed by atoms with Crippen LogP contribution in [0, 0.1) is 0 Å². The lowest BCUT2D eigenvalue weighted by Crippen LogP contribution is -2.28. The Hall–Kier alpha value is -1.41. The number of hydrogen-bond donors (Lipinski definition) is 0. The van der Waals surface area contributed by atoms with Crippen LogP contribution in [-0.2, 0) is 21.0 Å². The van der Waals surface area contributed by atoms with Gasteiger partial charge in [-0.25, -0.2) is 0 Å². The number of halogens is 3. The fourth-order valence-electron chi connectivity index (χ4n) is 1.81. The molecule has 0 fully saturated rings. The van der Waals surface area contributed by atoms with E-state index in [2.05, 4.69) is 4.18 Å². The van der Waals surface area contributed by atoms with Gasteiger partial charge in [-0.15, -0.1) is 0 Å².